The second-order valence-corrected chi connectivity index (χ2v) is 9.09. The maximum atomic E-state index is 12.2. The SMILES string of the molecule is O=C(COc1ccccc1)NCC(=O)NC1CS(=O)(=O)CC1N1CCCC1. The number of ether oxygens (including phenoxy) is 1. The van der Waals surface area contributed by atoms with Gasteiger partial charge in [-0.05, 0) is 38.1 Å². The summed E-state index contributed by atoms with van der Waals surface area (Å²) in [5.74, 6) is -0.208. The number of likely N-dealkylation sites (tertiary alicyclic amines) is 1. The molecule has 27 heavy (non-hydrogen) atoms. The first kappa shape index (κ1) is 19.6. The van der Waals surface area contributed by atoms with E-state index in [1.807, 2.05) is 6.07 Å². The first-order valence-electron chi connectivity index (χ1n) is 9.11. The third-order valence-electron chi connectivity index (χ3n) is 4.84. The van der Waals surface area contributed by atoms with Crippen LogP contribution in [0.2, 0.25) is 0 Å². The molecule has 2 fully saturated rings. The van der Waals surface area contributed by atoms with Gasteiger partial charge >= 0.3 is 0 Å². The number of hydrogen-bond acceptors (Lipinski definition) is 6. The van der Waals surface area contributed by atoms with Gasteiger partial charge in [-0.3, -0.25) is 14.5 Å². The molecule has 0 saturated carbocycles. The molecular weight excluding hydrogens is 370 g/mol. The fraction of sp³-hybridized carbons (Fsp3) is 0.556. The van der Waals surface area contributed by atoms with E-state index in [-0.39, 0.29) is 30.7 Å². The van der Waals surface area contributed by atoms with Crippen LogP contribution in [0.1, 0.15) is 12.8 Å². The predicted octanol–water partition coefficient (Wildman–Crippen LogP) is -0.441. The number of benzene rings is 1. The molecule has 8 nitrogen and oxygen atoms in total. The number of nitrogens with zero attached hydrogens (tertiary/aromatic N) is 1. The van der Waals surface area contributed by atoms with Gasteiger partial charge in [0.25, 0.3) is 5.91 Å². The third kappa shape index (κ3) is 5.67. The largest absolute Gasteiger partial charge is 0.484 e. The van der Waals surface area contributed by atoms with E-state index in [0.29, 0.717) is 5.75 Å². The first-order valence-corrected chi connectivity index (χ1v) is 10.9. The minimum Gasteiger partial charge on any atom is -0.484 e. The minimum atomic E-state index is -3.16. The van der Waals surface area contributed by atoms with E-state index in [1.54, 1.807) is 24.3 Å². The molecule has 2 atom stereocenters. The van der Waals surface area contributed by atoms with Crippen molar-refractivity contribution in [3.63, 3.8) is 0 Å². The molecule has 2 N–H and O–H groups in total. The number of nitrogens with one attached hydrogen (secondary N) is 2. The molecule has 0 aliphatic carbocycles. The molecule has 9 heteroatoms. The minimum absolute atomic E-state index is 0.0506. The summed E-state index contributed by atoms with van der Waals surface area (Å²) in [5.41, 5.74) is 0. The average molecular weight is 395 g/mol. The van der Waals surface area contributed by atoms with Crippen molar-refractivity contribution in [1.29, 1.82) is 0 Å². The number of hydrogen-bond donors (Lipinski definition) is 2. The number of para-hydroxylation sites is 1. The lowest BCUT2D eigenvalue weighted by atomic mass is 10.1. The lowest BCUT2D eigenvalue weighted by molar-refractivity contribution is -0.127. The van der Waals surface area contributed by atoms with Gasteiger partial charge in [-0.2, -0.15) is 0 Å². The summed E-state index contributed by atoms with van der Waals surface area (Å²) in [5, 5.41) is 5.27. The molecule has 2 aliphatic rings. The summed E-state index contributed by atoms with van der Waals surface area (Å²) < 4.78 is 29.3. The summed E-state index contributed by atoms with van der Waals surface area (Å²) in [6, 6.07) is 8.30. The number of rotatable bonds is 7. The molecule has 1 aromatic rings. The fourth-order valence-corrected chi connectivity index (χ4v) is 5.51. The first-order chi connectivity index (χ1) is 12.9. The molecule has 1 aromatic carbocycles. The molecule has 2 heterocycles. The fourth-order valence-electron chi connectivity index (χ4n) is 3.55. The lowest BCUT2D eigenvalue weighted by Crippen LogP contribution is -2.52. The summed E-state index contributed by atoms with van der Waals surface area (Å²) in [4.78, 5) is 26.1. The number of sulfone groups is 1. The Morgan fingerprint density at radius 2 is 1.78 bits per heavy atom. The number of amides is 2. The van der Waals surface area contributed by atoms with Crippen LogP contribution in [-0.4, -0.2) is 75.0 Å². The van der Waals surface area contributed by atoms with Crippen LogP contribution in [0.15, 0.2) is 30.3 Å². The normalized spacial score (nSPS) is 24.4. The second-order valence-electron chi connectivity index (χ2n) is 6.94. The van der Waals surface area contributed by atoms with E-state index in [2.05, 4.69) is 15.5 Å². The van der Waals surface area contributed by atoms with Gasteiger partial charge in [-0.1, -0.05) is 18.2 Å². The van der Waals surface area contributed by atoms with E-state index in [1.165, 1.54) is 0 Å². The Labute approximate surface area is 159 Å². The van der Waals surface area contributed by atoms with Crippen LogP contribution in [0, 0.1) is 0 Å². The van der Waals surface area contributed by atoms with Crippen molar-refractivity contribution < 1.29 is 22.7 Å². The van der Waals surface area contributed by atoms with Gasteiger partial charge in [-0.25, -0.2) is 8.42 Å². The highest BCUT2D eigenvalue weighted by Crippen LogP contribution is 2.22. The molecular formula is C18H25N3O5S. The van der Waals surface area contributed by atoms with E-state index in [0.717, 1.165) is 25.9 Å². The molecule has 0 bridgehead atoms. The zero-order chi connectivity index (χ0) is 19.3. The average Bonchev–Trinajstić information content (AvgIpc) is 3.26. The maximum absolute atomic E-state index is 12.2. The highest BCUT2D eigenvalue weighted by Gasteiger charge is 2.42. The topological polar surface area (TPSA) is 105 Å². The van der Waals surface area contributed by atoms with Gasteiger partial charge < -0.3 is 15.4 Å². The van der Waals surface area contributed by atoms with Gasteiger partial charge in [-0.15, -0.1) is 0 Å². The van der Waals surface area contributed by atoms with Gasteiger partial charge in [0.1, 0.15) is 5.75 Å². The monoisotopic (exact) mass is 395 g/mol. The summed E-state index contributed by atoms with van der Waals surface area (Å²) in [6.45, 7) is 1.33. The molecule has 3 rings (SSSR count). The molecule has 0 aromatic heterocycles. The predicted molar refractivity (Wildman–Crippen MR) is 100 cm³/mol. The Hall–Kier alpha value is -2.13. The quantitative estimate of drug-likeness (QED) is 0.649. The highest BCUT2D eigenvalue weighted by molar-refractivity contribution is 7.91. The van der Waals surface area contributed by atoms with E-state index in [9.17, 15) is 18.0 Å². The Kier molecular flexibility index (Phi) is 6.33. The van der Waals surface area contributed by atoms with Crippen LogP contribution in [-0.2, 0) is 19.4 Å². The van der Waals surface area contributed by atoms with Crippen LogP contribution in [0.5, 0.6) is 5.75 Å². The number of carbonyl (C=O) groups excluding carboxylic acids is 2. The highest BCUT2D eigenvalue weighted by atomic mass is 32.2. The zero-order valence-electron chi connectivity index (χ0n) is 15.1. The summed E-state index contributed by atoms with van der Waals surface area (Å²) in [7, 11) is -3.16. The zero-order valence-corrected chi connectivity index (χ0v) is 15.9. The van der Waals surface area contributed by atoms with Gasteiger partial charge in [0, 0.05) is 6.04 Å². The second kappa shape index (κ2) is 8.71. The molecule has 2 amide bonds. The van der Waals surface area contributed by atoms with Crippen molar-refractivity contribution in [2.75, 3.05) is 37.7 Å². The Morgan fingerprint density at radius 1 is 1.07 bits per heavy atom. The van der Waals surface area contributed by atoms with E-state index in [4.69, 9.17) is 4.74 Å². The van der Waals surface area contributed by atoms with Crippen molar-refractivity contribution in [3.8, 4) is 5.75 Å². The van der Waals surface area contributed by atoms with E-state index >= 15 is 0 Å². The molecule has 2 unspecified atom stereocenters. The van der Waals surface area contributed by atoms with Gasteiger partial charge in [0.15, 0.2) is 16.4 Å². The summed E-state index contributed by atoms with van der Waals surface area (Å²) >= 11 is 0. The number of carbonyl (C=O) groups is 2. The molecule has 2 aliphatic heterocycles. The lowest BCUT2D eigenvalue weighted by Gasteiger charge is -2.28. The van der Waals surface area contributed by atoms with Gasteiger partial charge in [0.05, 0.1) is 24.1 Å². The Bertz CT molecular complexity index is 762. The maximum Gasteiger partial charge on any atom is 0.258 e. The molecule has 148 valence electrons. The van der Waals surface area contributed by atoms with Crippen LogP contribution < -0.4 is 15.4 Å². The Balaban J connectivity index is 1.44. The van der Waals surface area contributed by atoms with Crippen molar-refractivity contribution in [1.82, 2.24) is 15.5 Å². The molecule has 0 spiro atoms. The molecule has 2 saturated heterocycles. The smallest absolute Gasteiger partial charge is 0.258 e. The van der Waals surface area contributed by atoms with Crippen molar-refractivity contribution in [2.45, 2.75) is 24.9 Å². The van der Waals surface area contributed by atoms with Crippen molar-refractivity contribution in [2.24, 2.45) is 0 Å². The third-order valence-corrected chi connectivity index (χ3v) is 6.55. The molecule has 0 radical (unpaired) electrons. The standard InChI is InChI=1S/C18H25N3O5S/c22-17(10-19-18(23)11-26-14-6-2-1-3-7-14)20-15-12-27(24,25)13-16(15)21-8-4-5-9-21/h1-3,6-7,15-16H,4-5,8-13H2,(H,19,23)(H,20,22). The van der Waals surface area contributed by atoms with Crippen LogP contribution in [0.4, 0.5) is 0 Å². The van der Waals surface area contributed by atoms with Gasteiger partial charge in [0.2, 0.25) is 5.91 Å². The van der Waals surface area contributed by atoms with Crippen molar-refractivity contribution >= 4 is 21.7 Å². The van der Waals surface area contributed by atoms with Crippen LogP contribution in [0.3, 0.4) is 0 Å². The van der Waals surface area contributed by atoms with E-state index < -0.39 is 27.7 Å². The van der Waals surface area contributed by atoms with Crippen molar-refractivity contribution in [3.05, 3.63) is 30.3 Å². The summed E-state index contributed by atoms with van der Waals surface area (Å²) in [6.07, 6.45) is 2.10. The van der Waals surface area contributed by atoms with Crippen LogP contribution in [0.25, 0.3) is 0 Å². The van der Waals surface area contributed by atoms with Crippen LogP contribution >= 0.6 is 0 Å². The Morgan fingerprint density at radius 3 is 2.48 bits per heavy atom.